The molecule has 1 aromatic rings. The number of hydrogen-bond donors (Lipinski definition) is 3. The van der Waals surface area contributed by atoms with Crippen molar-refractivity contribution in [3.05, 3.63) is 28.2 Å². The van der Waals surface area contributed by atoms with Crippen molar-refractivity contribution in [2.75, 3.05) is 5.32 Å². The van der Waals surface area contributed by atoms with Crippen molar-refractivity contribution < 1.29 is 18.0 Å². The van der Waals surface area contributed by atoms with E-state index in [0.717, 1.165) is 0 Å². The van der Waals surface area contributed by atoms with Gasteiger partial charge in [0, 0.05) is 12.2 Å². The van der Waals surface area contributed by atoms with Crippen LogP contribution in [0, 0.1) is 5.92 Å². The lowest BCUT2D eigenvalue weighted by molar-refractivity contribution is -0.137. The zero-order valence-electron chi connectivity index (χ0n) is 10.7. The van der Waals surface area contributed by atoms with Crippen LogP contribution < -0.4 is 16.6 Å². The smallest absolute Gasteiger partial charge is 0.327 e. The fourth-order valence-corrected chi connectivity index (χ4v) is 1.23. The number of pyridine rings is 1. The quantitative estimate of drug-likeness (QED) is 0.794. The van der Waals surface area contributed by atoms with Gasteiger partial charge >= 0.3 is 6.18 Å². The molecular weight excluding hydrogens is 299 g/mol. The zero-order chi connectivity index (χ0) is 14.8. The van der Waals surface area contributed by atoms with Crippen LogP contribution in [0.1, 0.15) is 19.4 Å². The van der Waals surface area contributed by atoms with Crippen LogP contribution in [0.2, 0.25) is 0 Å². The Morgan fingerprint density at radius 1 is 1.40 bits per heavy atom. The summed E-state index contributed by atoms with van der Waals surface area (Å²) in [6.45, 7) is 3.10. The number of alkyl halides is 3. The van der Waals surface area contributed by atoms with Crippen molar-refractivity contribution in [3.8, 4) is 0 Å². The number of aromatic nitrogens is 1. The van der Waals surface area contributed by atoms with Crippen LogP contribution in [0.4, 0.5) is 18.9 Å². The average molecular weight is 314 g/mol. The molecule has 0 radical (unpaired) electrons. The second kappa shape index (κ2) is 6.76. The predicted octanol–water partition coefficient (Wildman–Crippen LogP) is 1.74. The molecular formula is C11H15ClF3N3O2. The number of amides is 1. The summed E-state index contributed by atoms with van der Waals surface area (Å²) in [5.41, 5.74) is 3.20. The first-order valence-electron chi connectivity index (χ1n) is 5.49. The van der Waals surface area contributed by atoms with Crippen LogP contribution in [0.25, 0.3) is 0 Å². The second-order valence-corrected chi connectivity index (χ2v) is 4.27. The summed E-state index contributed by atoms with van der Waals surface area (Å²) >= 11 is 0. The molecule has 5 nitrogen and oxygen atoms in total. The normalized spacial score (nSPS) is 14.1. The van der Waals surface area contributed by atoms with Crippen LogP contribution in [-0.4, -0.2) is 16.9 Å². The van der Waals surface area contributed by atoms with Crippen LogP contribution >= 0.6 is 12.4 Å². The van der Waals surface area contributed by atoms with Gasteiger partial charge in [0.25, 0.3) is 5.56 Å². The standard InChI is InChI=1S/C11H14F3N3O2.ClH/c1-5(6(2)15)9(18)17-8-3-7(11(12,13)14)4-16-10(8)19;/h3-6H,15H2,1-2H3,(H,16,19)(H,17,18);1H. The van der Waals surface area contributed by atoms with Gasteiger partial charge in [-0.3, -0.25) is 9.59 Å². The Hall–Kier alpha value is -1.54. The SMILES string of the molecule is CC(N)C(C)C(=O)Nc1cc(C(F)(F)F)c[nH]c1=O.Cl. The van der Waals surface area contributed by atoms with E-state index in [0.29, 0.717) is 12.3 Å². The number of aromatic amines is 1. The maximum atomic E-state index is 12.5. The number of anilines is 1. The van der Waals surface area contributed by atoms with E-state index in [1.807, 2.05) is 4.98 Å². The van der Waals surface area contributed by atoms with Gasteiger partial charge < -0.3 is 16.0 Å². The summed E-state index contributed by atoms with van der Waals surface area (Å²) in [4.78, 5) is 24.9. The van der Waals surface area contributed by atoms with Gasteiger partial charge in [-0.25, -0.2) is 0 Å². The molecule has 2 unspecified atom stereocenters. The Balaban J connectivity index is 0.00000361. The number of nitrogens with two attached hydrogens (primary N) is 1. The summed E-state index contributed by atoms with van der Waals surface area (Å²) < 4.78 is 37.4. The molecule has 0 saturated carbocycles. The Morgan fingerprint density at radius 3 is 2.40 bits per heavy atom. The van der Waals surface area contributed by atoms with Crippen molar-refractivity contribution in [1.82, 2.24) is 4.98 Å². The van der Waals surface area contributed by atoms with Crippen molar-refractivity contribution in [2.45, 2.75) is 26.1 Å². The van der Waals surface area contributed by atoms with Crippen LogP contribution in [-0.2, 0) is 11.0 Å². The van der Waals surface area contributed by atoms with E-state index >= 15 is 0 Å². The van der Waals surface area contributed by atoms with Gasteiger partial charge in [-0.05, 0) is 13.0 Å². The van der Waals surface area contributed by atoms with E-state index in [-0.39, 0.29) is 12.4 Å². The van der Waals surface area contributed by atoms with Gasteiger partial charge in [0.05, 0.1) is 11.5 Å². The second-order valence-electron chi connectivity index (χ2n) is 4.27. The topological polar surface area (TPSA) is 88.0 Å². The number of hydrogen-bond acceptors (Lipinski definition) is 3. The zero-order valence-corrected chi connectivity index (χ0v) is 11.6. The fourth-order valence-electron chi connectivity index (χ4n) is 1.23. The highest BCUT2D eigenvalue weighted by Crippen LogP contribution is 2.29. The molecule has 1 heterocycles. The molecule has 0 saturated heterocycles. The number of halogens is 4. The molecule has 0 bridgehead atoms. The lowest BCUT2D eigenvalue weighted by Gasteiger charge is -2.15. The van der Waals surface area contributed by atoms with Crippen molar-refractivity contribution in [3.63, 3.8) is 0 Å². The molecule has 9 heteroatoms. The molecule has 0 aliphatic heterocycles. The summed E-state index contributed by atoms with van der Waals surface area (Å²) in [5.74, 6) is -1.24. The first kappa shape index (κ1) is 18.5. The van der Waals surface area contributed by atoms with Crippen molar-refractivity contribution in [2.24, 2.45) is 11.7 Å². The van der Waals surface area contributed by atoms with Crippen LogP contribution in [0.5, 0.6) is 0 Å². The first-order chi connectivity index (χ1) is 8.62. The van der Waals surface area contributed by atoms with Gasteiger partial charge in [-0.15, -0.1) is 12.4 Å². The van der Waals surface area contributed by atoms with Gasteiger partial charge in [0.1, 0.15) is 5.69 Å². The van der Waals surface area contributed by atoms with Crippen molar-refractivity contribution in [1.29, 1.82) is 0 Å². The average Bonchev–Trinajstić information content (AvgIpc) is 2.29. The number of rotatable bonds is 3. The van der Waals surface area contributed by atoms with E-state index in [4.69, 9.17) is 5.73 Å². The van der Waals surface area contributed by atoms with Gasteiger partial charge in [0.2, 0.25) is 5.91 Å². The maximum Gasteiger partial charge on any atom is 0.417 e. The number of nitrogens with one attached hydrogen (secondary N) is 2. The Morgan fingerprint density at radius 2 is 1.95 bits per heavy atom. The Kier molecular flexibility index (Phi) is 6.24. The molecule has 1 rings (SSSR count). The minimum atomic E-state index is -4.60. The van der Waals surface area contributed by atoms with Gasteiger partial charge in [0.15, 0.2) is 0 Å². The molecule has 1 aromatic heterocycles. The predicted molar refractivity (Wildman–Crippen MR) is 70.8 cm³/mol. The monoisotopic (exact) mass is 313 g/mol. The van der Waals surface area contributed by atoms with E-state index in [1.165, 1.54) is 6.92 Å². The molecule has 0 aromatic carbocycles. The van der Waals surface area contributed by atoms with Crippen LogP contribution in [0.15, 0.2) is 17.1 Å². The Labute approximate surface area is 119 Å². The number of H-pyrrole nitrogens is 1. The fraction of sp³-hybridized carbons (Fsp3) is 0.455. The highest BCUT2D eigenvalue weighted by Gasteiger charge is 2.31. The minimum absolute atomic E-state index is 0. The van der Waals surface area contributed by atoms with Crippen LogP contribution in [0.3, 0.4) is 0 Å². The minimum Gasteiger partial charge on any atom is -0.327 e. The lowest BCUT2D eigenvalue weighted by atomic mass is 10.0. The first-order valence-corrected chi connectivity index (χ1v) is 5.49. The lowest BCUT2D eigenvalue weighted by Crippen LogP contribution is -2.35. The third-order valence-corrected chi connectivity index (χ3v) is 2.69. The molecule has 114 valence electrons. The van der Waals surface area contributed by atoms with Gasteiger partial charge in [-0.1, -0.05) is 6.92 Å². The molecule has 4 N–H and O–H groups in total. The molecule has 2 atom stereocenters. The summed E-state index contributed by atoms with van der Waals surface area (Å²) in [7, 11) is 0. The largest absolute Gasteiger partial charge is 0.417 e. The van der Waals surface area contributed by atoms with E-state index in [2.05, 4.69) is 5.32 Å². The summed E-state index contributed by atoms with van der Waals surface area (Å²) in [6, 6.07) is 0.106. The van der Waals surface area contributed by atoms with E-state index in [1.54, 1.807) is 6.92 Å². The summed E-state index contributed by atoms with van der Waals surface area (Å²) in [6.07, 6.45) is -4.05. The van der Waals surface area contributed by atoms with Gasteiger partial charge in [-0.2, -0.15) is 13.2 Å². The molecule has 0 aliphatic rings. The molecule has 0 spiro atoms. The number of carbonyl (C=O) groups excluding carboxylic acids is 1. The van der Waals surface area contributed by atoms with E-state index < -0.39 is 40.9 Å². The Bertz CT molecular complexity index is 528. The third-order valence-electron chi connectivity index (χ3n) is 2.69. The number of carbonyl (C=O) groups is 1. The van der Waals surface area contributed by atoms with Crippen molar-refractivity contribution >= 4 is 24.0 Å². The molecule has 20 heavy (non-hydrogen) atoms. The summed E-state index contributed by atoms with van der Waals surface area (Å²) in [5, 5.41) is 2.14. The third kappa shape index (κ3) is 4.53. The molecule has 0 fully saturated rings. The van der Waals surface area contributed by atoms with E-state index in [9.17, 15) is 22.8 Å². The highest BCUT2D eigenvalue weighted by molar-refractivity contribution is 5.92. The molecule has 0 aliphatic carbocycles. The maximum absolute atomic E-state index is 12.5. The highest BCUT2D eigenvalue weighted by atomic mass is 35.5. The molecule has 1 amide bonds.